The molecule has 7 aliphatic rings. The average Bonchev–Trinajstić information content (AvgIpc) is 3.84. The molecule has 0 unspecified atom stereocenters. The lowest BCUT2D eigenvalue weighted by Crippen LogP contribution is -2.56. The van der Waals surface area contributed by atoms with Gasteiger partial charge >= 0.3 is 0 Å². The number of nitro groups is 1. The first-order valence-electron chi connectivity index (χ1n) is 27.2. The maximum atomic E-state index is 16.3. The van der Waals surface area contributed by atoms with E-state index >= 15 is 4.39 Å². The van der Waals surface area contributed by atoms with Crippen LogP contribution in [0.4, 0.5) is 32.8 Å². The molecule has 5 aliphatic heterocycles. The molecule has 19 nitrogen and oxygen atoms in total. The van der Waals surface area contributed by atoms with Crippen molar-refractivity contribution in [1.29, 1.82) is 0 Å². The van der Waals surface area contributed by atoms with Gasteiger partial charge < -0.3 is 48.9 Å². The van der Waals surface area contributed by atoms with Crippen molar-refractivity contribution in [3.63, 3.8) is 0 Å². The Kier molecular flexibility index (Phi) is 13.3. The van der Waals surface area contributed by atoms with Crippen molar-refractivity contribution in [3.05, 3.63) is 94.2 Å². The number of nitrogens with zero attached hydrogens (tertiary/aromatic N) is 5. The Bertz CT molecular complexity index is 3180. The molecule has 3 saturated heterocycles. The van der Waals surface area contributed by atoms with Crippen molar-refractivity contribution in [2.75, 3.05) is 67.8 Å². The largest absolute Gasteiger partial charge is 0.491 e. The quantitative estimate of drug-likeness (QED) is 0.0719. The number of H-pyrrole nitrogens is 1. The van der Waals surface area contributed by atoms with Gasteiger partial charge in [-0.05, 0) is 127 Å². The van der Waals surface area contributed by atoms with Gasteiger partial charge in [-0.1, -0.05) is 18.2 Å². The lowest BCUT2D eigenvalue weighted by molar-refractivity contribution is -0.384. The van der Waals surface area contributed by atoms with E-state index in [0.29, 0.717) is 48.6 Å². The Hall–Kier alpha value is -6.26. The van der Waals surface area contributed by atoms with Crippen LogP contribution in [0.5, 0.6) is 17.4 Å². The van der Waals surface area contributed by atoms with Crippen LogP contribution in [0.15, 0.2) is 77.8 Å². The molecule has 3 aromatic carbocycles. The predicted octanol–water partition coefficient (Wildman–Crippen LogP) is 8.48. The molecule has 2 aromatic heterocycles. The molecule has 4 N–H and O–H groups in total. The number of alkyl halides is 1. The highest BCUT2D eigenvalue weighted by molar-refractivity contribution is 7.90. The lowest BCUT2D eigenvalue weighted by Gasteiger charge is -2.56. The van der Waals surface area contributed by atoms with Crippen molar-refractivity contribution in [2.45, 2.75) is 138 Å². The van der Waals surface area contributed by atoms with E-state index in [-0.39, 0.29) is 79.5 Å². The zero-order valence-corrected chi connectivity index (χ0v) is 44.5. The van der Waals surface area contributed by atoms with E-state index in [0.717, 1.165) is 87.3 Å². The van der Waals surface area contributed by atoms with Gasteiger partial charge in [0.2, 0.25) is 5.88 Å². The van der Waals surface area contributed by atoms with E-state index in [1.54, 1.807) is 19.2 Å². The Morgan fingerprint density at radius 3 is 2.52 bits per heavy atom. The first-order chi connectivity index (χ1) is 37.0. The smallest absolute Gasteiger partial charge is 0.297 e. The van der Waals surface area contributed by atoms with Crippen molar-refractivity contribution in [1.82, 2.24) is 19.6 Å². The number of nitro benzene ring substituents is 1. The van der Waals surface area contributed by atoms with E-state index in [2.05, 4.69) is 56.9 Å². The summed E-state index contributed by atoms with van der Waals surface area (Å²) in [6.07, 6.45) is 7.39. The number of fused-ring (bicyclic) bond motifs is 4. The summed E-state index contributed by atoms with van der Waals surface area (Å²) < 4.78 is 78.2. The van der Waals surface area contributed by atoms with E-state index < -0.39 is 54.9 Å². The van der Waals surface area contributed by atoms with Gasteiger partial charge in [-0.3, -0.25) is 19.8 Å². The van der Waals surface area contributed by atoms with Crippen LogP contribution in [-0.2, 0) is 19.5 Å². The number of sulfonamides is 1. The molecule has 2 saturated carbocycles. The van der Waals surface area contributed by atoms with E-state index in [9.17, 15) is 28.4 Å². The molecule has 1 amide bonds. The summed E-state index contributed by atoms with van der Waals surface area (Å²) >= 11 is 0. The molecule has 0 bridgehead atoms. The minimum Gasteiger partial charge on any atom is -0.491 e. The van der Waals surface area contributed by atoms with Crippen LogP contribution in [0.2, 0.25) is 0 Å². The van der Waals surface area contributed by atoms with Crippen molar-refractivity contribution >= 4 is 55.4 Å². The number of piperidine rings is 1. The van der Waals surface area contributed by atoms with Crippen LogP contribution in [-0.4, -0.2) is 133 Å². The summed E-state index contributed by atoms with van der Waals surface area (Å²) in [5.74, 6) is 0.111. The SMILES string of the molecule is CC(C)Oc1ccccc1[C@@H]1COCCCN1C1CC2(CCN(c3ccc(C(=O)NS(=O)(=O)c4cc5c(c([N+](=O)[O-])c4)N[C@H](C4(F)CCC(C)(O)CC4)CO5)c(N4c5cc6cc[nH]c6nc5O[C@H]5COCC[C@@H]54)c3)CC2)C1. The molecular formula is C56H67FN8O11S. The fourth-order valence-electron chi connectivity index (χ4n) is 13.1. The number of aliphatic hydroxyl groups is 1. The molecule has 77 heavy (non-hydrogen) atoms. The highest BCUT2D eigenvalue weighted by Crippen LogP contribution is 2.54. The maximum absolute atomic E-state index is 16.3. The second-order valence-electron chi connectivity index (χ2n) is 22.9. The summed E-state index contributed by atoms with van der Waals surface area (Å²) in [6.45, 7) is 10.1. The topological polar surface area (TPSA) is 223 Å². The molecule has 4 atom stereocenters. The number of carbonyl (C=O) groups excluding carboxylic acids is 1. The van der Waals surface area contributed by atoms with Crippen LogP contribution in [0.25, 0.3) is 11.0 Å². The van der Waals surface area contributed by atoms with E-state index in [1.165, 1.54) is 5.56 Å². The zero-order valence-electron chi connectivity index (χ0n) is 43.7. The zero-order chi connectivity index (χ0) is 53.4. The summed E-state index contributed by atoms with van der Waals surface area (Å²) in [4.78, 5) is 41.2. The van der Waals surface area contributed by atoms with Crippen LogP contribution < -0.4 is 34.0 Å². The molecule has 5 aromatic rings. The third kappa shape index (κ3) is 9.80. The normalized spacial score (nSPS) is 27.5. The number of ether oxygens (including phenoxy) is 5. The van der Waals surface area contributed by atoms with Crippen molar-refractivity contribution < 1.29 is 51.3 Å². The van der Waals surface area contributed by atoms with Crippen LogP contribution in [0.3, 0.4) is 0 Å². The number of amides is 1. The lowest BCUT2D eigenvalue weighted by atomic mass is 9.59. The molecule has 7 heterocycles. The number of aromatic nitrogens is 2. The number of aromatic amines is 1. The molecule has 0 radical (unpaired) electrons. The van der Waals surface area contributed by atoms with Crippen LogP contribution in [0, 0.1) is 15.5 Å². The molecule has 5 fully saturated rings. The van der Waals surface area contributed by atoms with Gasteiger partial charge in [0.25, 0.3) is 21.6 Å². The van der Waals surface area contributed by atoms with Gasteiger partial charge in [-0.15, -0.1) is 0 Å². The Labute approximate surface area is 446 Å². The molecule has 21 heteroatoms. The van der Waals surface area contributed by atoms with Crippen LogP contribution >= 0.6 is 0 Å². The summed E-state index contributed by atoms with van der Waals surface area (Å²) in [5.41, 5.74) is 0.229. The molecule has 410 valence electrons. The van der Waals surface area contributed by atoms with Crippen LogP contribution in [0.1, 0.15) is 107 Å². The molecule has 12 rings (SSSR count). The Morgan fingerprint density at radius 1 is 0.961 bits per heavy atom. The van der Waals surface area contributed by atoms with E-state index in [1.807, 2.05) is 35.2 Å². The van der Waals surface area contributed by atoms with Gasteiger partial charge in [0.15, 0.2) is 11.4 Å². The third-order valence-corrected chi connectivity index (χ3v) is 18.7. The monoisotopic (exact) mass is 1080 g/mol. The molecular weight excluding hydrogens is 1010 g/mol. The van der Waals surface area contributed by atoms with Gasteiger partial charge in [-0.25, -0.2) is 17.5 Å². The fourth-order valence-corrected chi connectivity index (χ4v) is 14.1. The minimum atomic E-state index is -4.81. The maximum Gasteiger partial charge on any atom is 0.297 e. The number of benzene rings is 3. The van der Waals surface area contributed by atoms with Gasteiger partial charge in [-0.2, -0.15) is 4.98 Å². The van der Waals surface area contributed by atoms with Gasteiger partial charge in [0.05, 0.1) is 64.1 Å². The Balaban J connectivity index is 0.830. The number of para-hydroxylation sites is 1. The number of carbonyl (C=O) groups is 1. The predicted molar refractivity (Wildman–Crippen MR) is 286 cm³/mol. The highest BCUT2D eigenvalue weighted by Gasteiger charge is 2.51. The van der Waals surface area contributed by atoms with Crippen molar-refractivity contribution in [3.8, 4) is 17.4 Å². The highest BCUT2D eigenvalue weighted by atomic mass is 32.2. The Morgan fingerprint density at radius 2 is 1.74 bits per heavy atom. The third-order valence-electron chi connectivity index (χ3n) is 17.4. The average molecular weight is 1080 g/mol. The van der Waals surface area contributed by atoms with Gasteiger partial charge in [0.1, 0.15) is 35.5 Å². The van der Waals surface area contributed by atoms with Crippen molar-refractivity contribution in [2.24, 2.45) is 5.41 Å². The first-order valence-corrected chi connectivity index (χ1v) is 28.6. The number of rotatable bonds is 11. The summed E-state index contributed by atoms with van der Waals surface area (Å²) in [6, 6.07) is 18.8. The second kappa shape index (κ2) is 19.9. The number of halogens is 1. The number of hydrogen-bond donors (Lipinski definition) is 4. The standard InChI is InChI=1S/C56H67FN8O11S/c1-34(2)75-46-8-5-4-7-39(46)45-31-72-23-6-20-63(45)37-29-55(30-37)17-21-62(22-18-55)36-9-10-40(42(26-36)64-41-12-24-73-32-48(41)76-53-44(64)25-35-11-19-58-51(35)60-53)52(66)61-77(70,71)38-27-43(65(68)69)50-47(28-38)74-33-49(59-50)56(57)15-13-54(3,67)14-16-56/h4-5,7-11,19,25-28,34,37,41,45,48-49,59,67H,6,12-18,20-24,29-33H2,1-3H3,(H,58,60)(H,61,66)/t41-,45-,48-,49-,54?,56?/m0/s1. The van der Waals surface area contributed by atoms with E-state index in [4.69, 9.17) is 28.7 Å². The number of pyridine rings is 1. The number of nitrogens with one attached hydrogen (secondary N) is 3. The number of hydrogen-bond acceptors (Lipinski definition) is 16. The summed E-state index contributed by atoms with van der Waals surface area (Å²) in [7, 11) is -4.81. The number of anilines is 4. The minimum absolute atomic E-state index is 0.00534. The summed E-state index contributed by atoms with van der Waals surface area (Å²) in [5, 5.41) is 26.8. The van der Waals surface area contributed by atoms with Gasteiger partial charge in [0, 0.05) is 73.9 Å². The molecule has 2 aliphatic carbocycles. The molecule has 1 spiro atoms. The first kappa shape index (κ1) is 51.5. The fraction of sp³-hybridized carbons (Fsp3) is 0.536. The second-order valence-corrected chi connectivity index (χ2v) is 24.6.